The van der Waals surface area contributed by atoms with Gasteiger partial charge in [-0.05, 0) is 55.8 Å². The normalized spacial score (nSPS) is 28.2. The number of hydrogen-bond donors (Lipinski definition) is 0. The molecule has 0 N–H and O–H groups in total. The molecule has 0 radical (unpaired) electrons. The number of imide groups is 1. The minimum atomic E-state index is -0.796. The van der Waals surface area contributed by atoms with E-state index in [1.165, 1.54) is 24.3 Å². The molecule has 3 saturated heterocycles. The van der Waals surface area contributed by atoms with E-state index in [2.05, 4.69) is 0 Å². The molecule has 5 nitrogen and oxygen atoms in total. The van der Waals surface area contributed by atoms with Crippen molar-refractivity contribution in [2.75, 3.05) is 11.4 Å². The number of hydrogen-bond acceptors (Lipinski definition) is 4. The average molecular weight is 447 g/mol. The highest BCUT2D eigenvalue weighted by Gasteiger charge is 2.64. The average Bonchev–Trinajstić information content (AvgIpc) is 3.37. The van der Waals surface area contributed by atoms with E-state index < -0.39 is 29.6 Å². The highest BCUT2D eigenvalue weighted by molar-refractivity contribution is 6.45. The summed E-state index contributed by atoms with van der Waals surface area (Å²) in [5.41, 5.74) is 0.568. The van der Waals surface area contributed by atoms with Gasteiger partial charge in [0.25, 0.3) is 0 Å². The molecule has 0 saturated carbocycles. The van der Waals surface area contributed by atoms with Crippen LogP contribution in [0.2, 0.25) is 10.0 Å². The predicted molar refractivity (Wildman–Crippen MR) is 110 cm³/mol. The maximum Gasteiger partial charge on any atom is 0.239 e. The van der Waals surface area contributed by atoms with Crippen LogP contribution in [0.3, 0.4) is 0 Å². The molecule has 2 amide bonds. The number of amides is 2. The third-order valence-electron chi connectivity index (χ3n) is 6.42. The number of ketones is 1. The van der Waals surface area contributed by atoms with E-state index in [1.54, 1.807) is 18.2 Å². The van der Waals surface area contributed by atoms with Crippen LogP contribution in [0.4, 0.5) is 10.1 Å². The first-order chi connectivity index (χ1) is 14.4. The van der Waals surface area contributed by atoms with E-state index >= 15 is 0 Å². The van der Waals surface area contributed by atoms with Crippen LogP contribution in [0, 0.1) is 17.7 Å². The summed E-state index contributed by atoms with van der Waals surface area (Å²) in [6, 6.07) is 9.14. The number of rotatable bonds is 3. The molecule has 3 aliphatic heterocycles. The highest BCUT2D eigenvalue weighted by atomic mass is 35.5. The Balaban J connectivity index is 1.57. The number of carbonyl (C=O) groups is 3. The van der Waals surface area contributed by atoms with Gasteiger partial charge < -0.3 is 0 Å². The number of benzene rings is 2. The maximum atomic E-state index is 13.5. The molecule has 5 rings (SSSR count). The van der Waals surface area contributed by atoms with E-state index in [0.717, 1.165) is 17.7 Å². The number of nitrogens with zero attached hydrogens (tertiary/aromatic N) is 2. The van der Waals surface area contributed by atoms with Crippen molar-refractivity contribution in [3.8, 4) is 0 Å². The molecule has 3 heterocycles. The van der Waals surface area contributed by atoms with Crippen LogP contribution in [-0.4, -0.2) is 41.1 Å². The van der Waals surface area contributed by atoms with E-state index in [0.29, 0.717) is 12.1 Å². The van der Waals surface area contributed by atoms with Gasteiger partial charge in [0, 0.05) is 11.6 Å². The van der Waals surface area contributed by atoms with Gasteiger partial charge in [-0.15, -0.1) is 0 Å². The molecule has 0 unspecified atom stereocenters. The molecule has 2 aromatic rings. The summed E-state index contributed by atoms with van der Waals surface area (Å²) in [6.07, 6.45) is 1.59. The van der Waals surface area contributed by atoms with Gasteiger partial charge in [-0.3, -0.25) is 19.3 Å². The van der Waals surface area contributed by atoms with Crippen molar-refractivity contribution in [2.24, 2.45) is 11.8 Å². The summed E-state index contributed by atoms with van der Waals surface area (Å²) >= 11 is 12.4. The lowest BCUT2D eigenvalue weighted by atomic mass is 9.85. The number of halogens is 3. The van der Waals surface area contributed by atoms with Gasteiger partial charge in [-0.1, -0.05) is 29.3 Å². The van der Waals surface area contributed by atoms with E-state index in [1.807, 2.05) is 4.90 Å². The molecular formula is C22H17Cl2FN2O3. The topological polar surface area (TPSA) is 57.7 Å². The summed E-state index contributed by atoms with van der Waals surface area (Å²) in [5, 5.41) is 0.374. The number of fused-ring (bicyclic) bond motifs is 3. The van der Waals surface area contributed by atoms with Crippen molar-refractivity contribution >= 4 is 46.5 Å². The van der Waals surface area contributed by atoms with Crippen LogP contribution in [0.15, 0.2) is 42.5 Å². The lowest BCUT2D eigenvalue weighted by molar-refractivity contribution is -0.123. The fourth-order valence-electron chi connectivity index (χ4n) is 5.20. The Hall–Kier alpha value is -2.28. The van der Waals surface area contributed by atoms with Gasteiger partial charge in [0.1, 0.15) is 5.82 Å². The monoisotopic (exact) mass is 446 g/mol. The first kappa shape index (κ1) is 19.7. The summed E-state index contributed by atoms with van der Waals surface area (Å²) in [6.45, 7) is 0.647. The second-order valence-corrected chi connectivity index (χ2v) is 8.68. The van der Waals surface area contributed by atoms with Crippen LogP contribution in [0.5, 0.6) is 0 Å². The second kappa shape index (κ2) is 7.15. The summed E-state index contributed by atoms with van der Waals surface area (Å²) in [4.78, 5) is 43.3. The smallest absolute Gasteiger partial charge is 0.239 e. The van der Waals surface area contributed by atoms with Crippen molar-refractivity contribution in [1.29, 1.82) is 0 Å². The van der Waals surface area contributed by atoms with E-state index in [4.69, 9.17) is 23.2 Å². The summed E-state index contributed by atoms with van der Waals surface area (Å²) in [7, 11) is 0. The van der Waals surface area contributed by atoms with Crippen molar-refractivity contribution in [1.82, 2.24) is 4.90 Å². The molecule has 2 aromatic carbocycles. The van der Waals surface area contributed by atoms with Gasteiger partial charge in [0.15, 0.2) is 5.78 Å². The zero-order valence-electron chi connectivity index (χ0n) is 15.7. The van der Waals surface area contributed by atoms with Gasteiger partial charge in [0.05, 0.1) is 33.6 Å². The maximum absolute atomic E-state index is 13.5. The molecule has 0 spiro atoms. The van der Waals surface area contributed by atoms with Crippen LogP contribution < -0.4 is 4.90 Å². The highest BCUT2D eigenvalue weighted by Crippen LogP contribution is 2.49. The van der Waals surface area contributed by atoms with Crippen LogP contribution in [-0.2, 0) is 9.59 Å². The quantitative estimate of drug-likeness (QED) is 0.528. The Morgan fingerprint density at radius 2 is 1.70 bits per heavy atom. The Morgan fingerprint density at radius 3 is 2.43 bits per heavy atom. The van der Waals surface area contributed by atoms with Gasteiger partial charge in [-0.2, -0.15) is 0 Å². The van der Waals surface area contributed by atoms with Gasteiger partial charge in [0.2, 0.25) is 11.8 Å². The molecule has 4 atom stereocenters. The van der Waals surface area contributed by atoms with Crippen LogP contribution >= 0.6 is 23.2 Å². The zero-order chi connectivity index (χ0) is 21.2. The lowest BCUT2D eigenvalue weighted by Crippen LogP contribution is -2.46. The molecule has 154 valence electrons. The van der Waals surface area contributed by atoms with Crippen molar-refractivity contribution < 1.29 is 18.8 Å². The van der Waals surface area contributed by atoms with Crippen molar-refractivity contribution in [2.45, 2.75) is 24.9 Å². The second-order valence-electron chi connectivity index (χ2n) is 7.90. The minimum Gasteiger partial charge on any atom is -0.292 e. The number of carbonyl (C=O) groups excluding carboxylic acids is 3. The van der Waals surface area contributed by atoms with Crippen molar-refractivity contribution in [3.05, 3.63) is 63.9 Å². The summed E-state index contributed by atoms with van der Waals surface area (Å²) < 4.78 is 13.3. The molecule has 0 bridgehead atoms. The minimum absolute atomic E-state index is 0.130. The van der Waals surface area contributed by atoms with Gasteiger partial charge in [-0.25, -0.2) is 9.29 Å². The molecular weight excluding hydrogens is 430 g/mol. The number of anilines is 1. The molecule has 3 fully saturated rings. The molecule has 30 heavy (non-hydrogen) atoms. The third-order valence-corrected chi connectivity index (χ3v) is 7.23. The molecule has 0 aliphatic carbocycles. The lowest BCUT2D eigenvalue weighted by Gasteiger charge is -2.27. The number of Topliss-reactive ketones (excluding diaryl/α,β-unsaturated/α-hetero) is 1. The van der Waals surface area contributed by atoms with Crippen LogP contribution in [0.25, 0.3) is 0 Å². The standard InChI is InChI=1S/C22H17Cl2FN2O3/c23-13-3-1-4-15(18(13)24)27-21(29)16-14-5-2-10-26(14)19(17(16)22(27)30)20(28)11-6-8-12(25)9-7-11/h1,3-4,6-9,14,16-17,19H,2,5,10H2/t14-,16-,17+,19+/m1/s1. The SMILES string of the molecule is O=C(c1ccc(F)cc1)[C@@H]1[C@H]2C(=O)N(c3cccc(Cl)c3Cl)C(=O)[C@@H]2[C@H]2CCCN21. The molecule has 0 aromatic heterocycles. The zero-order valence-corrected chi connectivity index (χ0v) is 17.2. The predicted octanol–water partition coefficient (Wildman–Crippen LogP) is 3.97. The molecule has 8 heteroatoms. The largest absolute Gasteiger partial charge is 0.292 e. The Kier molecular flexibility index (Phi) is 4.69. The Morgan fingerprint density at radius 1 is 1.00 bits per heavy atom. The van der Waals surface area contributed by atoms with Crippen molar-refractivity contribution in [3.63, 3.8) is 0 Å². The Labute approximate surface area is 182 Å². The van der Waals surface area contributed by atoms with E-state index in [9.17, 15) is 18.8 Å². The summed E-state index contributed by atoms with van der Waals surface area (Å²) in [5.74, 6) is -2.90. The first-order valence-electron chi connectivity index (χ1n) is 9.77. The fourth-order valence-corrected chi connectivity index (χ4v) is 5.58. The van der Waals surface area contributed by atoms with E-state index in [-0.39, 0.29) is 33.5 Å². The van der Waals surface area contributed by atoms with Gasteiger partial charge >= 0.3 is 0 Å². The first-order valence-corrected chi connectivity index (χ1v) is 10.5. The molecule has 3 aliphatic rings. The fraction of sp³-hybridized carbons (Fsp3) is 0.318. The Bertz CT molecular complexity index is 1070. The third kappa shape index (κ3) is 2.74. The van der Waals surface area contributed by atoms with Crippen LogP contribution in [0.1, 0.15) is 23.2 Å².